The first-order chi connectivity index (χ1) is 6.65. The number of nitrogens with zero attached hydrogens (tertiary/aromatic N) is 1. The van der Waals surface area contributed by atoms with Crippen LogP contribution in [0, 0.1) is 11.8 Å². The van der Waals surface area contributed by atoms with Crippen LogP contribution >= 0.6 is 0 Å². The maximum atomic E-state index is 12.0. The molecule has 0 radical (unpaired) electrons. The van der Waals surface area contributed by atoms with Crippen molar-refractivity contribution in [3.63, 3.8) is 0 Å². The number of hydrogen-bond acceptors (Lipinski definition) is 1. The average molecular weight is 195 g/mol. The van der Waals surface area contributed by atoms with E-state index in [2.05, 4.69) is 11.8 Å². The summed E-state index contributed by atoms with van der Waals surface area (Å²) in [5.74, 6) is 1.36. The molecule has 1 aliphatic carbocycles. The van der Waals surface area contributed by atoms with Crippen molar-refractivity contribution in [2.75, 3.05) is 0 Å². The van der Waals surface area contributed by atoms with Crippen molar-refractivity contribution in [3.8, 4) is 0 Å². The second-order valence-electron chi connectivity index (χ2n) is 5.10. The van der Waals surface area contributed by atoms with Crippen LogP contribution in [0.5, 0.6) is 0 Å². The fourth-order valence-electron chi connectivity index (χ4n) is 3.26. The molecule has 80 valence electrons. The predicted molar refractivity (Wildman–Crippen MR) is 56.9 cm³/mol. The molecule has 1 saturated carbocycles. The van der Waals surface area contributed by atoms with Crippen molar-refractivity contribution < 1.29 is 4.79 Å². The van der Waals surface area contributed by atoms with E-state index >= 15 is 0 Å². The Bertz CT molecular complexity index is 236. The van der Waals surface area contributed by atoms with Crippen LogP contribution in [0.2, 0.25) is 0 Å². The summed E-state index contributed by atoms with van der Waals surface area (Å²) in [5, 5.41) is 0. The first kappa shape index (κ1) is 10.0. The number of piperidine rings is 1. The van der Waals surface area contributed by atoms with E-state index in [0.717, 1.165) is 12.3 Å². The van der Waals surface area contributed by atoms with Crippen LogP contribution < -0.4 is 0 Å². The number of fused-ring (bicyclic) bond motifs is 2. The highest BCUT2D eigenvalue weighted by Crippen LogP contribution is 2.44. The van der Waals surface area contributed by atoms with Gasteiger partial charge in [0.2, 0.25) is 5.91 Å². The molecule has 2 rings (SSSR count). The molecule has 1 heterocycles. The van der Waals surface area contributed by atoms with Crippen LogP contribution in [0.3, 0.4) is 0 Å². The zero-order valence-electron chi connectivity index (χ0n) is 9.49. The first-order valence-electron chi connectivity index (χ1n) is 5.97. The van der Waals surface area contributed by atoms with Gasteiger partial charge in [0, 0.05) is 18.0 Å². The number of carbonyl (C=O) groups excluding carboxylic acids is 1. The third-order valence-corrected chi connectivity index (χ3v) is 3.91. The fraction of sp³-hybridized carbons (Fsp3) is 0.917. The number of amides is 1. The lowest BCUT2D eigenvalue weighted by atomic mass is 9.95. The molecule has 0 spiro atoms. The van der Waals surface area contributed by atoms with E-state index in [1.54, 1.807) is 0 Å². The third-order valence-electron chi connectivity index (χ3n) is 3.91. The minimum absolute atomic E-state index is 0.170. The fourth-order valence-corrected chi connectivity index (χ4v) is 3.26. The normalized spacial score (nSPS) is 35.7. The minimum atomic E-state index is 0.170. The molecule has 0 aromatic carbocycles. The van der Waals surface area contributed by atoms with Crippen LogP contribution in [0.15, 0.2) is 0 Å². The van der Waals surface area contributed by atoms with Crippen LogP contribution in [-0.2, 0) is 4.79 Å². The van der Waals surface area contributed by atoms with Crippen molar-refractivity contribution in [1.29, 1.82) is 0 Å². The molecule has 2 fully saturated rings. The predicted octanol–water partition coefficient (Wildman–Crippen LogP) is 2.43. The smallest absolute Gasteiger partial charge is 0.225 e. The van der Waals surface area contributed by atoms with Gasteiger partial charge in [0.1, 0.15) is 0 Å². The number of likely N-dealkylation sites (tertiary alicyclic amines) is 1. The van der Waals surface area contributed by atoms with E-state index in [1.807, 2.05) is 13.8 Å². The topological polar surface area (TPSA) is 20.3 Å². The van der Waals surface area contributed by atoms with Gasteiger partial charge < -0.3 is 4.90 Å². The summed E-state index contributed by atoms with van der Waals surface area (Å²) in [5.41, 5.74) is 0. The summed E-state index contributed by atoms with van der Waals surface area (Å²) in [7, 11) is 0. The van der Waals surface area contributed by atoms with Gasteiger partial charge >= 0.3 is 0 Å². The molecule has 0 aromatic rings. The Kier molecular flexibility index (Phi) is 2.54. The Balaban J connectivity index is 2.14. The molecule has 2 aliphatic rings. The molecule has 1 aliphatic heterocycles. The van der Waals surface area contributed by atoms with Gasteiger partial charge in [-0.2, -0.15) is 0 Å². The summed E-state index contributed by atoms with van der Waals surface area (Å²) in [4.78, 5) is 14.2. The maximum absolute atomic E-state index is 12.0. The van der Waals surface area contributed by atoms with Gasteiger partial charge in [-0.1, -0.05) is 20.8 Å². The zero-order chi connectivity index (χ0) is 10.3. The molecule has 14 heavy (non-hydrogen) atoms. The monoisotopic (exact) mass is 195 g/mol. The Hall–Kier alpha value is -0.530. The van der Waals surface area contributed by atoms with Gasteiger partial charge in [-0.15, -0.1) is 0 Å². The largest absolute Gasteiger partial charge is 0.336 e. The van der Waals surface area contributed by atoms with Crippen LogP contribution in [0.25, 0.3) is 0 Å². The molecule has 1 saturated heterocycles. The van der Waals surface area contributed by atoms with E-state index in [9.17, 15) is 4.79 Å². The Labute approximate surface area is 86.7 Å². The molecule has 3 atom stereocenters. The highest BCUT2D eigenvalue weighted by molar-refractivity contribution is 5.79. The average Bonchev–Trinajstić information content (AvgIpc) is 2.74. The van der Waals surface area contributed by atoms with Gasteiger partial charge in [0.25, 0.3) is 0 Å². The van der Waals surface area contributed by atoms with Gasteiger partial charge in [-0.3, -0.25) is 4.79 Å². The Morgan fingerprint density at radius 3 is 2.71 bits per heavy atom. The number of carbonyl (C=O) groups is 1. The standard InChI is InChI=1S/C12H21NO/c1-4-11-9-5-6-10(7-9)13(11)12(14)8(2)3/h8-11H,4-7H2,1-3H3. The van der Waals surface area contributed by atoms with Crippen molar-refractivity contribution >= 4 is 5.91 Å². The number of rotatable bonds is 2. The molecule has 3 unspecified atom stereocenters. The van der Waals surface area contributed by atoms with Gasteiger partial charge in [-0.05, 0) is 31.6 Å². The third kappa shape index (κ3) is 1.35. The van der Waals surface area contributed by atoms with E-state index in [4.69, 9.17) is 0 Å². The lowest BCUT2D eigenvalue weighted by Crippen LogP contribution is -2.46. The van der Waals surface area contributed by atoms with Crippen molar-refractivity contribution in [3.05, 3.63) is 0 Å². The van der Waals surface area contributed by atoms with Crippen molar-refractivity contribution in [1.82, 2.24) is 4.90 Å². The van der Waals surface area contributed by atoms with E-state index < -0.39 is 0 Å². The number of hydrogen-bond donors (Lipinski definition) is 0. The Morgan fingerprint density at radius 1 is 1.43 bits per heavy atom. The maximum Gasteiger partial charge on any atom is 0.225 e. The Morgan fingerprint density at radius 2 is 2.14 bits per heavy atom. The summed E-state index contributed by atoms with van der Waals surface area (Å²) in [6.07, 6.45) is 5.02. The minimum Gasteiger partial charge on any atom is -0.336 e. The van der Waals surface area contributed by atoms with Crippen LogP contribution in [0.1, 0.15) is 46.5 Å². The second kappa shape index (κ2) is 3.56. The second-order valence-corrected chi connectivity index (χ2v) is 5.10. The summed E-state index contributed by atoms with van der Waals surface area (Å²) in [6.45, 7) is 6.24. The van der Waals surface area contributed by atoms with Gasteiger partial charge in [-0.25, -0.2) is 0 Å². The lowest BCUT2D eigenvalue weighted by Gasteiger charge is -2.36. The lowest BCUT2D eigenvalue weighted by molar-refractivity contribution is -0.139. The zero-order valence-corrected chi connectivity index (χ0v) is 9.49. The van der Waals surface area contributed by atoms with Crippen molar-refractivity contribution in [2.24, 2.45) is 11.8 Å². The van der Waals surface area contributed by atoms with Crippen LogP contribution in [0.4, 0.5) is 0 Å². The van der Waals surface area contributed by atoms with Gasteiger partial charge in [0.05, 0.1) is 0 Å². The highest BCUT2D eigenvalue weighted by atomic mass is 16.2. The molecule has 2 nitrogen and oxygen atoms in total. The highest BCUT2D eigenvalue weighted by Gasteiger charge is 2.47. The van der Waals surface area contributed by atoms with Gasteiger partial charge in [0.15, 0.2) is 0 Å². The summed E-state index contributed by atoms with van der Waals surface area (Å²) >= 11 is 0. The van der Waals surface area contributed by atoms with E-state index in [1.165, 1.54) is 19.3 Å². The molecular weight excluding hydrogens is 174 g/mol. The SMILES string of the molecule is CCC1C2CCC(C2)N1C(=O)C(C)C. The first-order valence-corrected chi connectivity index (χ1v) is 5.97. The molecule has 0 N–H and O–H groups in total. The van der Waals surface area contributed by atoms with Crippen molar-refractivity contribution in [2.45, 2.75) is 58.5 Å². The van der Waals surface area contributed by atoms with E-state index in [0.29, 0.717) is 18.0 Å². The summed E-state index contributed by atoms with van der Waals surface area (Å²) in [6, 6.07) is 1.14. The quantitative estimate of drug-likeness (QED) is 0.662. The molecule has 2 bridgehead atoms. The molecule has 1 amide bonds. The molecule has 0 aromatic heterocycles. The molecule has 2 heteroatoms. The van der Waals surface area contributed by atoms with Crippen LogP contribution in [-0.4, -0.2) is 22.9 Å². The summed E-state index contributed by atoms with van der Waals surface area (Å²) < 4.78 is 0. The van der Waals surface area contributed by atoms with E-state index in [-0.39, 0.29) is 5.92 Å². The molecular formula is C12H21NO.